The van der Waals surface area contributed by atoms with E-state index in [1.165, 1.54) is 23.1 Å². The molecule has 2 heterocycles. The number of urea groups is 1. The molecule has 176 valence electrons. The normalized spacial score (nSPS) is 16.0. The molecule has 9 heteroatoms. The summed E-state index contributed by atoms with van der Waals surface area (Å²) < 4.78 is 46.7. The van der Waals surface area contributed by atoms with Gasteiger partial charge in [0.25, 0.3) is 5.89 Å². The summed E-state index contributed by atoms with van der Waals surface area (Å²) in [6, 6.07) is 15.0. The van der Waals surface area contributed by atoms with Crippen LogP contribution >= 0.6 is 0 Å². The van der Waals surface area contributed by atoms with Crippen molar-refractivity contribution in [3.05, 3.63) is 107 Å². The van der Waals surface area contributed by atoms with Gasteiger partial charge in [-0.3, -0.25) is 4.90 Å². The van der Waals surface area contributed by atoms with Crippen LogP contribution in [0.5, 0.6) is 0 Å². The van der Waals surface area contributed by atoms with Crippen LogP contribution in [0, 0.1) is 24.4 Å². The third kappa shape index (κ3) is 4.16. The fraction of sp³-hybridized carbons (Fsp3) is 0.115. The summed E-state index contributed by atoms with van der Waals surface area (Å²) in [7, 11) is 0. The van der Waals surface area contributed by atoms with Gasteiger partial charge in [0.05, 0.1) is 17.3 Å². The zero-order valence-electron chi connectivity index (χ0n) is 18.7. The molecule has 0 radical (unpaired) electrons. The van der Waals surface area contributed by atoms with Crippen molar-refractivity contribution in [3.8, 4) is 11.4 Å². The molecule has 6 nitrogen and oxygen atoms in total. The molecule has 4 aromatic rings. The van der Waals surface area contributed by atoms with Crippen LogP contribution < -0.4 is 10.2 Å². The maximum Gasteiger partial charge on any atom is 0.327 e. The van der Waals surface area contributed by atoms with Crippen LogP contribution in [-0.2, 0) is 0 Å². The van der Waals surface area contributed by atoms with Gasteiger partial charge in [-0.1, -0.05) is 41.1 Å². The minimum absolute atomic E-state index is 0.118. The van der Waals surface area contributed by atoms with E-state index in [4.69, 9.17) is 4.52 Å². The van der Waals surface area contributed by atoms with Gasteiger partial charge in [0.2, 0.25) is 5.82 Å². The highest BCUT2D eigenvalue weighted by Crippen LogP contribution is 2.39. The van der Waals surface area contributed by atoms with Crippen LogP contribution in [0.1, 0.15) is 30.0 Å². The van der Waals surface area contributed by atoms with Gasteiger partial charge in [-0.25, -0.2) is 18.0 Å². The molecule has 35 heavy (non-hydrogen) atoms. The molecule has 1 N–H and O–H groups in total. The zero-order valence-corrected chi connectivity index (χ0v) is 18.7. The molecule has 1 aliphatic heterocycles. The van der Waals surface area contributed by atoms with Crippen molar-refractivity contribution in [3.63, 3.8) is 0 Å². The van der Waals surface area contributed by atoms with Gasteiger partial charge in [-0.05, 0) is 49.7 Å². The molecule has 5 rings (SSSR count). The summed E-state index contributed by atoms with van der Waals surface area (Å²) in [4.78, 5) is 18.9. The van der Waals surface area contributed by atoms with Crippen molar-refractivity contribution in [2.24, 2.45) is 0 Å². The Morgan fingerprint density at radius 2 is 1.71 bits per heavy atom. The molecular formula is C26H19F3N4O2. The number of hydrogen-bond donors (Lipinski definition) is 1. The number of anilines is 1. The van der Waals surface area contributed by atoms with Crippen molar-refractivity contribution in [1.82, 2.24) is 15.5 Å². The first-order chi connectivity index (χ1) is 16.8. The standard InChI is InChI=1S/C26H19F3N4O2/c1-14-4-3-5-17(12-14)24-31-25(35-32-24)22-15(2)33(19-10-11-20(28)21(29)13-19)26(34)30-23(22)16-6-8-18(27)9-7-16/h3-13,23H,1-2H3,(H,30,34). The lowest BCUT2D eigenvalue weighted by atomic mass is 9.94. The number of allylic oxidation sites excluding steroid dienone is 1. The average Bonchev–Trinajstić information content (AvgIpc) is 3.31. The number of aromatic nitrogens is 2. The fourth-order valence-electron chi connectivity index (χ4n) is 4.09. The van der Waals surface area contributed by atoms with Crippen molar-refractivity contribution < 1.29 is 22.5 Å². The van der Waals surface area contributed by atoms with Crippen LogP contribution in [0.4, 0.5) is 23.7 Å². The molecule has 3 aromatic carbocycles. The number of amides is 2. The van der Waals surface area contributed by atoms with Gasteiger partial charge >= 0.3 is 6.03 Å². The number of nitrogens with one attached hydrogen (secondary N) is 1. The minimum atomic E-state index is -1.09. The Morgan fingerprint density at radius 3 is 2.43 bits per heavy atom. The van der Waals surface area contributed by atoms with Crippen LogP contribution in [0.25, 0.3) is 17.0 Å². The average molecular weight is 476 g/mol. The third-order valence-corrected chi connectivity index (χ3v) is 5.78. The Labute approximate surface area is 198 Å². The van der Waals surface area contributed by atoms with E-state index in [-0.39, 0.29) is 11.6 Å². The highest BCUT2D eigenvalue weighted by Gasteiger charge is 2.36. The molecule has 0 bridgehead atoms. The van der Waals surface area contributed by atoms with Crippen LogP contribution in [0.15, 0.2) is 77.0 Å². The smallest absolute Gasteiger partial charge is 0.327 e. The Balaban J connectivity index is 1.66. The summed E-state index contributed by atoms with van der Waals surface area (Å²) in [6.07, 6.45) is 0. The lowest BCUT2D eigenvalue weighted by molar-refractivity contribution is 0.244. The number of rotatable bonds is 4. The van der Waals surface area contributed by atoms with E-state index in [1.54, 1.807) is 19.1 Å². The molecule has 0 saturated carbocycles. The molecule has 1 atom stereocenters. The summed E-state index contributed by atoms with van der Waals surface area (Å²) in [6.45, 7) is 3.58. The van der Waals surface area contributed by atoms with E-state index in [0.29, 0.717) is 22.7 Å². The number of aryl methyl sites for hydroxylation is 1. The number of nitrogens with zero attached hydrogens (tertiary/aromatic N) is 3. The second-order valence-corrected chi connectivity index (χ2v) is 8.16. The molecule has 1 aromatic heterocycles. The minimum Gasteiger partial charge on any atom is -0.334 e. The first-order valence-electron chi connectivity index (χ1n) is 10.7. The lowest BCUT2D eigenvalue weighted by Gasteiger charge is -2.35. The van der Waals surface area contributed by atoms with Crippen molar-refractivity contribution in [2.45, 2.75) is 19.9 Å². The second-order valence-electron chi connectivity index (χ2n) is 8.16. The van der Waals surface area contributed by atoms with E-state index >= 15 is 0 Å². The molecule has 1 aliphatic rings. The quantitative estimate of drug-likeness (QED) is 0.383. The van der Waals surface area contributed by atoms with E-state index < -0.39 is 29.5 Å². The van der Waals surface area contributed by atoms with Crippen LogP contribution in [-0.4, -0.2) is 16.2 Å². The third-order valence-electron chi connectivity index (χ3n) is 5.78. The predicted molar refractivity (Wildman–Crippen MR) is 124 cm³/mol. The molecule has 0 fully saturated rings. The summed E-state index contributed by atoms with van der Waals surface area (Å²) >= 11 is 0. The van der Waals surface area contributed by atoms with Gasteiger partial charge < -0.3 is 9.84 Å². The molecule has 0 spiro atoms. The van der Waals surface area contributed by atoms with Crippen molar-refractivity contribution >= 4 is 17.3 Å². The van der Waals surface area contributed by atoms with Crippen molar-refractivity contribution in [1.29, 1.82) is 0 Å². The monoisotopic (exact) mass is 476 g/mol. The van der Waals surface area contributed by atoms with E-state index in [9.17, 15) is 18.0 Å². The summed E-state index contributed by atoms with van der Waals surface area (Å²) in [5.41, 5.74) is 3.26. The maximum atomic E-state index is 14.0. The molecule has 0 aliphatic carbocycles. The SMILES string of the molecule is CC1=C(c2nc(-c3cccc(C)c3)no2)C(c2ccc(F)cc2)NC(=O)N1c1ccc(F)c(F)c1. The van der Waals surface area contributed by atoms with Gasteiger partial charge in [0, 0.05) is 17.3 Å². The van der Waals surface area contributed by atoms with Gasteiger partial charge in [-0.2, -0.15) is 4.98 Å². The van der Waals surface area contributed by atoms with E-state index in [2.05, 4.69) is 15.5 Å². The van der Waals surface area contributed by atoms with Crippen LogP contribution in [0.3, 0.4) is 0 Å². The maximum absolute atomic E-state index is 14.0. The number of hydrogen-bond acceptors (Lipinski definition) is 4. The Kier molecular flexibility index (Phi) is 5.60. The zero-order chi connectivity index (χ0) is 24.7. The fourth-order valence-corrected chi connectivity index (χ4v) is 4.09. The lowest BCUT2D eigenvalue weighted by Crippen LogP contribution is -2.46. The molecule has 1 unspecified atom stereocenters. The first kappa shape index (κ1) is 22.4. The van der Waals surface area contributed by atoms with Crippen molar-refractivity contribution in [2.75, 3.05) is 4.90 Å². The predicted octanol–water partition coefficient (Wildman–Crippen LogP) is 6.16. The second kappa shape index (κ2) is 8.75. The van der Waals surface area contributed by atoms with Gasteiger partial charge in [0.15, 0.2) is 11.6 Å². The Hall–Kier alpha value is -4.40. The number of halogens is 3. The highest BCUT2D eigenvalue weighted by atomic mass is 19.2. The van der Waals surface area contributed by atoms with Gasteiger partial charge in [-0.15, -0.1) is 0 Å². The molecule has 2 amide bonds. The Bertz CT molecular complexity index is 1460. The van der Waals surface area contributed by atoms with Gasteiger partial charge in [0.1, 0.15) is 5.82 Å². The van der Waals surface area contributed by atoms with E-state index in [0.717, 1.165) is 23.3 Å². The number of carbonyl (C=O) groups is 1. The number of carbonyl (C=O) groups excluding carboxylic acids is 1. The summed E-state index contributed by atoms with van der Waals surface area (Å²) in [5.74, 6) is -2.08. The first-order valence-corrected chi connectivity index (χ1v) is 10.7. The molecule has 0 saturated heterocycles. The van der Waals surface area contributed by atoms with Crippen LogP contribution in [0.2, 0.25) is 0 Å². The largest absolute Gasteiger partial charge is 0.334 e. The Morgan fingerprint density at radius 1 is 0.943 bits per heavy atom. The molecular weight excluding hydrogens is 457 g/mol. The summed E-state index contributed by atoms with van der Waals surface area (Å²) in [5, 5.41) is 6.94. The van der Waals surface area contributed by atoms with E-state index in [1.807, 2.05) is 31.2 Å². The highest BCUT2D eigenvalue weighted by molar-refractivity contribution is 6.01. The topological polar surface area (TPSA) is 71.3 Å². The number of benzene rings is 3.